The van der Waals surface area contributed by atoms with Crippen molar-refractivity contribution < 1.29 is 9.53 Å². The summed E-state index contributed by atoms with van der Waals surface area (Å²) in [5.41, 5.74) is 2.93. The molecule has 4 rings (SSSR count). The van der Waals surface area contributed by atoms with Crippen LogP contribution in [0.5, 0.6) is 0 Å². The molecule has 0 saturated carbocycles. The molecular weight excluding hydrogens is 466 g/mol. The number of hydrogen-bond donors (Lipinski definition) is 1. The number of rotatable bonds is 5. The number of aryl methyl sites for hydroxylation is 1. The molecule has 1 fully saturated rings. The minimum Gasteiger partial charge on any atom is -0.444 e. The Hall–Kier alpha value is -3.93. The lowest BCUT2D eigenvalue weighted by Crippen LogP contribution is -2.42. The SMILES string of the molecule is Cc1c(C#N)cccc1[C@@H](C)Nc1nnc(C)c2cnc(N3CC[C@H](N(C)C(=O)OC(C)(C)C)C3)cc12. The number of carbonyl (C=O) groups is 1. The van der Waals surface area contributed by atoms with Crippen LogP contribution >= 0.6 is 0 Å². The van der Waals surface area contributed by atoms with E-state index in [1.807, 2.05) is 65.1 Å². The Kier molecular flexibility index (Phi) is 7.21. The summed E-state index contributed by atoms with van der Waals surface area (Å²) in [7, 11) is 1.79. The van der Waals surface area contributed by atoms with Crippen molar-refractivity contribution >= 4 is 28.5 Å². The molecule has 3 aromatic rings. The maximum atomic E-state index is 12.6. The number of anilines is 2. The highest BCUT2D eigenvalue weighted by atomic mass is 16.6. The minimum atomic E-state index is -0.530. The van der Waals surface area contributed by atoms with E-state index in [-0.39, 0.29) is 18.2 Å². The van der Waals surface area contributed by atoms with E-state index in [1.165, 1.54) is 0 Å². The molecule has 1 N–H and O–H groups in total. The highest BCUT2D eigenvalue weighted by Crippen LogP contribution is 2.31. The fraction of sp³-hybridized carbons (Fsp3) is 0.464. The van der Waals surface area contributed by atoms with Crippen LogP contribution in [0.3, 0.4) is 0 Å². The van der Waals surface area contributed by atoms with Gasteiger partial charge in [0.05, 0.1) is 29.4 Å². The summed E-state index contributed by atoms with van der Waals surface area (Å²) in [6.07, 6.45) is 2.37. The van der Waals surface area contributed by atoms with Gasteiger partial charge in [-0.1, -0.05) is 12.1 Å². The number of nitrogens with one attached hydrogen (secondary N) is 1. The zero-order valence-corrected chi connectivity index (χ0v) is 22.7. The van der Waals surface area contributed by atoms with Crippen molar-refractivity contribution in [2.24, 2.45) is 0 Å². The summed E-state index contributed by atoms with van der Waals surface area (Å²) in [5, 5.41) is 23.6. The number of aromatic nitrogens is 3. The summed E-state index contributed by atoms with van der Waals surface area (Å²) in [4.78, 5) is 21.2. The van der Waals surface area contributed by atoms with Crippen molar-refractivity contribution in [3.05, 3.63) is 52.8 Å². The van der Waals surface area contributed by atoms with Gasteiger partial charge in [-0.2, -0.15) is 10.4 Å². The molecule has 0 radical (unpaired) electrons. The van der Waals surface area contributed by atoms with E-state index in [9.17, 15) is 10.1 Å². The number of pyridine rings is 1. The lowest BCUT2D eigenvalue weighted by molar-refractivity contribution is 0.0238. The average molecular weight is 502 g/mol. The number of nitrogens with zero attached hydrogens (tertiary/aromatic N) is 6. The predicted octanol–water partition coefficient (Wildman–Crippen LogP) is 5.13. The van der Waals surface area contributed by atoms with Crippen LogP contribution in [0.4, 0.5) is 16.4 Å². The Labute approximate surface area is 218 Å². The molecule has 2 aromatic heterocycles. The standard InChI is InChI=1S/C28H35N7O2/c1-17-20(14-29)9-8-10-22(17)18(2)31-26-23-13-25(30-15-24(23)19(3)32-33-26)35-12-11-21(16-35)34(7)27(36)37-28(4,5)6/h8-10,13,15,18,21H,11-12,16H2,1-7H3,(H,31,33)/t18-,21+/m1/s1. The number of likely N-dealkylation sites (N-methyl/N-ethyl adjacent to an activating group) is 1. The van der Waals surface area contributed by atoms with Gasteiger partial charge in [-0.05, 0) is 71.2 Å². The molecule has 0 spiro atoms. The smallest absolute Gasteiger partial charge is 0.410 e. The largest absolute Gasteiger partial charge is 0.444 e. The van der Waals surface area contributed by atoms with E-state index >= 15 is 0 Å². The van der Waals surface area contributed by atoms with Crippen LogP contribution in [0.15, 0.2) is 30.5 Å². The number of hydrogen-bond acceptors (Lipinski definition) is 8. The highest BCUT2D eigenvalue weighted by molar-refractivity contribution is 5.94. The molecule has 0 unspecified atom stereocenters. The van der Waals surface area contributed by atoms with Crippen molar-refractivity contribution in [1.29, 1.82) is 5.26 Å². The molecule has 1 aromatic carbocycles. The zero-order valence-electron chi connectivity index (χ0n) is 22.7. The van der Waals surface area contributed by atoms with Gasteiger partial charge in [0, 0.05) is 37.1 Å². The Morgan fingerprint density at radius 3 is 2.73 bits per heavy atom. The first-order chi connectivity index (χ1) is 17.5. The van der Waals surface area contributed by atoms with E-state index in [0.717, 1.165) is 46.4 Å². The van der Waals surface area contributed by atoms with Crippen LogP contribution in [0.25, 0.3) is 10.8 Å². The molecule has 2 atom stereocenters. The number of amides is 1. The molecule has 1 amide bonds. The second-order valence-electron chi connectivity index (χ2n) is 10.7. The minimum absolute atomic E-state index is 0.0395. The average Bonchev–Trinajstić information content (AvgIpc) is 3.34. The molecule has 194 valence electrons. The summed E-state index contributed by atoms with van der Waals surface area (Å²) in [5.74, 6) is 1.50. The molecule has 9 nitrogen and oxygen atoms in total. The Morgan fingerprint density at radius 2 is 2.03 bits per heavy atom. The Balaban J connectivity index is 1.58. The Bertz CT molecular complexity index is 1360. The van der Waals surface area contributed by atoms with Gasteiger partial charge >= 0.3 is 6.09 Å². The molecule has 37 heavy (non-hydrogen) atoms. The third-order valence-corrected chi connectivity index (χ3v) is 6.87. The Morgan fingerprint density at radius 1 is 1.27 bits per heavy atom. The fourth-order valence-electron chi connectivity index (χ4n) is 4.72. The number of nitriles is 1. The van der Waals surface area contributed by atoms with Crippen LogP contribution in [0.1, 0.15) is 62.5 Å². The van der Waals surface area contributed by atoms with Gasteiger partial charge in [0.25, 0.3) is 0 Å². The second kappa shape index (κ2) is 10.2. The van der Waals surface area contributed by atoms with Crippen LogP contribution in [0, 0.1) is 25.2 Å². The maximum absolute atomic E-state index is 12.6. The van der Waals surface area contributed by atoms with E-state index < -0.39 is 5.60 Å². The topological polar surface area (TPSA) is 107 Å². The molecule has 9 heteroatoms. The molecule has 1 saturated heterocycles. The lowest BCUT2D eigenvalue weighted by atomic mass is 9.98. The van der Waals surface area contributed by atoms with E-state index in [0.29, 0.717) is 17.9 Å². The van der Waals surface area contributed by atoms with Crippen LogP contribution in [-0.4, -0.2) is 58.0 Å². The number of fused-ring (bicyclic) bond motifs is 1. The summed E-state index contributed by atoms with van der Waals surface area (Å²) in [6, 6.07) is 10.0. The molecule has 1 aliphatic rings. The normalized spacial score (nSPS) is 16.4. The number of ether oxygens (including phenoxy) is 1. The van der Waals surface area contributed by atoms with Crippen LogP contribution < -0.4 is 10.2 Å². The van der Waals surface area contributed by atoms with Gasteiger partial charge in [0.1, 0.15) is 11.4 Å². The first-order valence-corrected chi connectivity index (χ1v) is 12.6. The predicted molar refractivity (Wildman–Crippen MR) is 145 cm³/mol. The monoisotopic (exact) mass is 501 g/mol. The van der Waals surface area contributed by atoms with Crippen molar-refractivity contribution in [2.45, 2.75) is 65.6 Å². The molecule has 0 bridgehead atoms. The summed E-state index contributed by atoms with van der Waals surface area (Å²) < 4.78 is 5.55. The van der Waals surface area contributed by atoms with Gasteiger partial charge in [0.15, 0.2) is 5.82 Å². The van der Waals surface area contributed by atoms with Gasteiger partial charge < -0.3 is 19.9 Å². The molecule has 3 heterocycles. The van der Waals surface area contributed by atoms with E-state index in [1.54, 1.807) is 11.9 Å². The third kappa shape index (κ3) is 5.58. The quantitative estimate of drug-likeness (QED) is 0.513. The van der Waals surface area contributed by atoms with Gasteiger partial charge in [0.2, 0.25) is 0 Å². The van der Waals surface area contributed by atoms with Crippen LogP contribution in [0.2, 0.25) is 0 Å². The summed E-state index contributed by atoms with van der Waals surface area (Å²) >= 11 is 0. The number of benzene rings is 1. The van der Waals surface area contributed by atoms with Crippen molar-refractivity contribution in [3.8, 4) is 6.07 Å². The van der Waals surface area contributed by atoms with Gasteiger partial charge in [-0.3, -0.25) is 0 Å². The first kappa shape index (κ1) is 26.1. The zero-order chi connectivity index (χ0) is 26.9. The fourth-order valence-corrected chi connectivity index (χ4v) is 4.72. The molecular formula is C28H35N7O2. The molecule has 1 aliphatic heterocycles. The first-order valence-electron chi connectivity index (χ1n) is 12.6. The third-order valence-electron chi connectivity index (χ3n) is 6.87. The van der Waals surface area contributed by atoms with Crippen molar-refractivity contribution in [2.75, 3.05) is 30.4 Å². The van der Waals surface area contributed by atoms with Crippen molar-refractivity contribution in [1.82, 2.24) is 20.1 Å². The van der Waals surface area contributed by atoms with Crippen LogP contribution in [-0.2, 0) is 4.74 Å². The van der Waals surface area contributed by atoms with E-state index in [2.05, 4.69) is 33.4 Å². The van der Waals surface area contributed by atoms with Gasteiger partial charge in [-0.15, -0.1) is 5.10 Å². The highest BCUT2D eigenvalue weighted by Gasteiger charge is 2.31. The van der Waals surface area contributed by atoms with Crippen molar-refractivity contribution in [3.63, 3.8) is 0 Å². The lowest BCUT2D eigenvalue weighted by Gasteiger charge is -2.28. The van der Waals surface area contributed by atoms with E-state index in [4.69, 9.17) is 9.72 Å². The number of carbonyl (C=O) groups excluding carboxylic acids is 1. The maximum Gasteiger partial charge on any atom is 0.410 e. The summed E-state index contributed by atoms with van der Waals surface area (Å²) in [6.45, 7) is 13.0. The second-order valence-corrected chi connectivity index (χ2v) is 10.7. The molecule has 0 aliphatic carbocycles. The van der Waals surface area contributed by atoms with Gasteiger partial charge in [-0.25, -0.2) is 9.78 Å².